The Morgan fingerprint density at radius 3 is 0.800 bits per heavy atom. The molecule has 0 bridgehead atoms. The van der Waals surface area contributed by atoms with Crippen molar-refractivity contribution in [2.75, 3.05) is 0 Å². The van der Waals surface area contributed by atoms with Gasteiger partial charge in [-0.2, -0.15) is 0 Å². The van der Waals surface area contributed by atoms with Crippen molar-refractivity contribution in [2.24, 2.45) is 0 Å². The van der Waals surface area contributed by atoms with Crippen LogP contribution in [0.1, 0.15) is 56.8 Å². The maximum atomic E-state index is 2.12. The number of hydrogen-bond donors (Lipinski definition) is 1. The molecule has 0 radical (unpaired) electrons. The molecule has 0 aromatic carbocycles. The summed E-state index contributed by atoms with van der Waals surface area (Å²) in [6.45, 7) is 8.50. The Morgan fingerprint density at radius 1 is 0.800 bits per heavy atom. The van der Waals surface area contributed by atoms with Crippen LogP contribution in [-0.2, 0) is 0 Å². The van der Waals surface area contributed by atoms with Gasteiger partial charge in [0.1, 0.15) is 0 Å². The van der Waals surface area contributed by atoms with E-state index in [2.05, 4.69) is 27.7 Å². The predicted molar refractivity (Wildman–Crippen MR) is 51.5 cm³/mol. The second-order valence-corrected chi connectivity index (χ2v) is 1.41. The van der Waals surface area contributed by atoms with Crippen molar-refractivity contribution < 1.29 is 39.2 Å². The minimum atomic E-state index is 0. The van der Waals surface area contributed by atoms with Crippen LogP contribution in [0.25, 0.3) is 0 Å². The van der Waals surface area contributed by atoms with E-state index in [4.69, 9.17) is 0 Å². The molecule has 0 fully saturated rings. The molecule has 0 aromatic rings. The molecule has 3 N–H and O–H groups in total. The van der Waals surface area contributed by atoms with Crippen LogP contribution >= 0.6 is 0 Å². The topological polar surface area (TPSA) is 35.0 Å². The smallest absolute Gasteiger partial charge is 0 e. The van der Waals surface area contributed by atoms with Crippen LogP contribution in [0.4, 0.5) is 0 Å². The van der Waals surface area contributed by atoms with Crippen LogP contribution in [0.3, 0.4) is 0 Å². The molecule has 74 valence electrons. The van der Waals surface area contributed by atoms with Crippen LogP contribution in [0.5, 0.6) is 0 Å². The van der Waals surface area contributed by atoms with E-state index in [1.54, 1.807) is 0 Å². The summed E-state index contributed by atoms with van der Waals surface area (Å²) in [4.78, 5) is 0. The standard InChI is InChI=1S/2C3H8.2CH4.Ar.H3N.H/c2*1-3-2;;;;;/h2*3H2,1-2H3;2*1H4;;1H3;/q;;;;;;-1. The zero-order valence-electron chi connectivity index (χ0n) is 7.47. The van der Waals surface area contributed by atoms with E-state index < -0.39 is 0 Å². The Kier molecular flexibility index (Phi) is 360. The van der Waals surface area contributed by atoms with Crippen LogP contribution in [0, 0.1) is 37.7 Å². The molecule has 10 heavy (non-hydrogen) atoms. The average Bonchev–Trinajstić information content (AvgIpc) is 1.39. The first kappa shape index (κ1) is 43.0. The maximum absolute atomic E-state index is 2.12. The molecule has 0 amide bonds. The fourth-order valence-electron chi connectivity index (χ4n) is 0. The van der Waals surface area contributed by atoms with Gasteiger partial charge in [0.15, 0.2) is 0 Å². The fourth-order valence-corrected chi connectivity index (χ4v) is 0. The molecular weight excluding hydrogens is 150 g/mol. The van der Waals surface area contributed by atoms with Gasteiger partial charge in [0.25, 0.3) is 0 Å². The molecule has 2 heteroatoms. The summed E-state index contributed by atoms with van der Waals surface area (Å²) in [6.07, 6.45) is 2.50. The third-order valence-corrected chi connectivity index (χ3v) is 0. The summed E-state index contributed by atoms with van der Waals surface area (Å²) >= 11 is 0. The molecule has 1 nitrogen and oxygen atoms in total. The van der Waals surface area contributed by atoms with Gasteiger partial charge < -0.3 is 7.58 Å². The molecule has 0 unspecified atom stereocenters. The summed E-state index contributed by atoms with van der Waals surface area (Å²) < 4.78 is 0. The third-order valence-electron chi connectivity index (χ3n) is 0. The Balaban J connectivity index is -0.00000000400. The molecule has 0 saturated heterocycles. The largest absolute Gasteiger partial charge is 1.00 e. The van der Waals surface area contributed by atoms with E-state index in [9.17, 15) is 0 Å². The van der Waals surface area contributed by atoms with E-state index in [0.717, 1.165) is 0 Å². The number of rotatable bonds is 0. The molecule has 0 rings (SSSR count). The predicted octanol–water partition coefficient (Wildman–Crippen LogP) is 4.38. The maximum Gasteiger partial charge on any atom is 0 e. The molecular formula is C8H28ArN-. The van der Waals surface area contributed by atoms with Crippen LogP contribution in [0.2, 0.25) is 0 Å². The summed E-state index contributed by atoms with van der Waals surface area (Å²) in [5, 5.41) is 0. The minimum absolute atomic E-state index is 0. The Hall–Kier alpha value is 1.22. The van der Waals surface area contributed by atoms with Gasteiger partial charge in [0, 0.05) is 37.7 Å². The van der Waals surface area contributed by atoms with E-state index in [-0.39, 0.29) is 60.2 Å². The van der Waals surface area contributed by atoms with Crippen molar-refractivity contribution in [3.63, 3.8) is 0 Å². The second kappa shape index (κ2) is 83.8. The van der Waals surface area contributed by atoms with E-state index in [1.165, 1.54) is 12.8 Å². The normalized spacial score (nSPS) is 3.60. The summed E-state index contributed by atoms with van der Waals surface area (Å²) in [5.74, 6) is 0. The van der Waals surface area contributed by atoms with Crippen LogP contribution in [-0.4, -0.2) is 0 Å². The van der Waals surface area contributed by atoms with Gasteiger partial charge in [0.05, 0.1) is 0 Å². The van der Waals surface area contributed by atoms with Gasteiger partial charge in [0.2, 0.25) is 0 Å². The van der Waals surface area contributed by atoms with Crippen molar-refractivity contribution in [1.82, 2.24) is 6.15 Å². The van der Waals surface area contributed by atoms with Crippen molar-refractivity contribution >= 4 is 0 Å². The van der Waals surface area contributed by atoms with Gasteiger partial charge in [-0.1, -0.05) is 55.4 Å². The third kappa shape index (κ3) is 419. The van der Waals surface area contributed by atoms with Gasteiger partial charge in [-0.05, 0) is 0 Å². The SMILES string of the molecule is C.C.CCC.CCC.N.[Ar].[H-]. The molecule has 0 heterocycles. The molecule has 0 aliphatic heterocycles. The van der Waals surface area contributed by atoms with Gasteiger partial charge in [-0.3, -0.25) is 0 Å². The summed E-state index contributed by atoms with van der Waals surface area (Å²) in [7, 11) is 0. The molecule has 0 atom stereocenters. The second-order valence-electron chi connectivity index (χ2n) is 1.41. The van der Waals surface area contributed by atoms with Gasteiger partial charge in [-0.15, -0.1) is 0 Å². The fraction of sp³-hybridized carbons (Fsp3) is 1.00. The molecule has 0 aliphatic carbocycles. The van der Waals surface area contributed by atoms with Crippen molar-refractivity contribution in [3.8, 4) is 0 Å². The van der Waals surface area contributed by atoms with Crippen LogP contribution < -0.4 is 6.15 Å². The number of hydrogen-bond acceptors (Lipinski definition) is 1. The summed E-state index contributed by atoms with van der Waals surface area (Å²) in [5.41, 5.74) is 0. The van der Waals surface area contributed by atoms with Crippen LogP contribution in [0.15, 0.2) is 0 Å². The Bertz CT molecular complexity index is 16.1. The summed E-state index contributed by atoms with van der Waals surface area (Å²) in [6, 6.07) is 0. The first-order chi connectivity index (χ1) is 2.83. The first-order valence-electron chi connectivity index (χ1n) is 2.83. The zero-order valence-corrected chi connectivity index (χ0v) is 7.18. The van der Waals surface area contributed by atoms with E-state index in [1.807, 2.05) is 0 Å². The molecule has 0 saturated carbocycles. The minimum Gasteiger partial charge on any atom is -1.00 e. The molecule has 0 aliphatic rings. The Labute approximate surface area is 100 Å². The van der Waals surface area contributed by atoms with Crippen molar-refractivity contribution in [2.45, 2.75) is 55.4 Å². The van der Waals surface area contributed by atoms with Crippen molar-refractivity contribution in [1.29, 1.82) is 0 Å². The molecule has 0 aromatic heterocycles. The Morgan fingerprint density at radius 2 is 0.800 bits per heavy atom. The monoisotopic (exact) mass is 178 g/mol. The van der Waals surface area contributed by atoms with E-state index in [0.29, 0.717) is 0 Å². The first-order valence-corrected chi connectivity index (χ1v) is 2.83. The quantitative estimate of drug-likeness (QED) is 0.587. The zero-order chi connectivity index (χ0) is 5.41. The van der Waals surface area contributed by atoms with Gasteiger partial charge >= 0.3 is 0 Å². The molecule has 0 spiro atoms. The van der Waals surface area contributed by atoms with Gasteiger partial charge in [-0.25, -0.2) is 0 Å². The van der Waals surface area contributed by atoms with Crippen molar-refractivity contribution in [3.05, 3.63) is 0 Å². The van der Waals surface area contributed by atoms with E-state index >= 15 is 0 Å². The average molecular weight is 178 g/mol.